The summed E-state index contributed by atoms with van der Waals surface area (Å²) < 4.78 is 81.5. The van der Waals surface area contributed by atoms with E-state index in [0.717, 1.165) is 37.1 Å². The highest BCUT2D eigenvalue weighted by molar-refractivity contribution is 8.00. The van der Waals surface area contributed by atoms with Gasteiger partial charge in [0.05, 0.1) is 23.7 Å². The lowest BCUT2D eigenvalue weighted by molar-refractivity contribution is -0.166. The van der Waals surface area contributed by atoms with Crippen molar-refractivity contribution < 1.29 is 45.8 Å². The van der Waals surface area contributed by atoms with Crippen LogP contribution in [0.25, 0.3) is 0 Å². The van der Waals surface area contributed by atoms with Gasteiger partial charge in [-0.1, -0.05) is 48.7 Å². The lowest BCUT2D eigenvalue weighted by Crippen LogP contribution is -2.39. The standard InChI is InChI=1S/C39H44F6N6O4S/c40-38(41,42)28-16-12-26(13-17-28)31-21-24(22-34(53)54)18-20-51(31)30(25-10-14-27(15-11-25)37(49-50-37)39(43,44)45)7-3-1-2-6-19-46-33(52)9-5-4-8-32-35-29(23-56-32)47-36(55)48-35/h10-17,24,29-32,35H,1-2,4-6,8-9,18-23H2,(H,46,52)(H,53,54)(H2,47,48,55)/t24?,29-,30?,31?,32-,35-/m0/s1. The molecule has 0 bridgehead atoms. The fourth-order valence-electron chi connectivity index (χ4n) is 7.82. The molecule has 2 aromatic rings. The first-order valence-electron chi connectivity index (χ1n) is 18.8. The number of fused-ring (bicyclic) bond motifs is 1. The molecule has 10 nitrogen and oxygen atoms in total. The molecule has 4 aliphatic rings. The van der Waals surface area contributed by atoms with Crippen LogP contribution in [0.3, 0.4) is 0 Å². The van der Waals surface area contributed by atoms with Crippen LogP contribution >= 0.6 is 11.8 Å². The Morgan fingerprint density at radius 2 is 1.73 bits per heavy atom. The normalized spacial score (nSPS) is 24.7. The zero-order chi connectivity index (χ0) is 40.1. The summed E-state index contributed by atoms with van der Waals surface area (Å²) in [5.74, 6) is 6.08. The topological polar surface area (TPSA) is 135 Å². The second-order valence-corrected chi connectivity index (χ2v) is 16.0. The van der Waals surface area contributed by atoms with Crippen LogP contribution in [0.5, 0.6) is 0 Å². The van der Waals surface area contributed by atoms with Crippen molar-refractivity contribution >= 4 is 29.7 Å². The van der Waals surface area contributed by atoms with E-state index < -0.39 is 41.6 Å². The molecule has 6 rings (SSSR count). The van der Waals surface area contributed by atoms with Gasteiger partial charge in [-0.15, -0.1) is 16.1 Å². The number of nitrogens with one attached hydrogen (secondary N) is 3. The first-order chi connectivity index (χ1) is 26.6. The number of carbonyl (C=O) groups is 3. The largest absolute Gasteiger partial charge is 0.481 e. The molecule has 3 fully saturated rings. The average molecular weight is 807 g/mol. The summed E-state index contributed by atoms with van der Waals surface area (Å²) in [5, 5.41) is 25.3. The number of carbonyl (C=O) groups excluding carboxylic acids is 2. The zero-order valence-electron chi connectivity index (χ0n) is 30.5. The number of carboxylic acids is 1. The van der Waals surface area contributed by atoms with Gasteiger partial charge in [-0.25, -0.2) is 4.79 Å². The van der Waals surface area contributed by atoms with Crippen LogP contribution in [0.2, 0.25) is 0 Å². The first kappa shape index (κ1) is 41.3. The Hall–Kier alpha value is -4.30. The summed E-state index contributed by atoms with van der Waals surface area (Å²) in [6.45, 7) is 0.817. The highest BCUT2D eigenvalue weighted by atomic mass is 32.2. The fraction of sp³-hybridized carbons (Fsp3) is 0.564. The summed E-state index contributed by atoms with van der Waals surface area (Å²) in [6, 6.07) is 9.41. The SMILES string of the molecule is O=C(O)CC1CCN(C(C#CCCCCNC(=O)CCCC[C@@H]2SC[C@@H]3NC(=O)N[C@@H]32)c2ccc(C3(C(F)(F)F)N=N3)cc2)C(c2ccc(C(F)(F)F)cc2)C1. The molecule has 4 heterocycles. The van der Waals surface area contributed by atoms with E-state index in [0.29, 0.717) is 68.0 Å². The summed E-state index contributed by atoms with van der Waals surface area (Å²) in [7, 11) is 0. The maximum Gasteiger partial charge on any atom is 0.442 e. The van der Waals surface area contributed by atoms with Crippen LogP contribution in [0.1, 0.15) is 98.5 Å². The van der Waals surface area contributed by atoms with E-state index >= 15 is 0 Å². The van der Waals surface area contributed by atoms with Crippen molar-refractivity contribution in [1.29, 1.82) is 0 Å². The third kappa shape index (κ3) is 9.98. The third-order valence-corrected chi connectivity index (χ3v) is 12.4. The fourth-order valence-corrected chi connectivity index (χ4v) is 9.36. The average Bonchev–Trinajstić information content (AvgIpc) is 3.79. The molecule has 0 radical (unpaired) electrons. The van der Waals surface area contributed by atoms with Crippen molar-refractivity contribution in [3.05, 3.63) is 70.8 Å². The number of unbranched alkanes of at least 4 members (excludes halogenated alkanes) is 3. The molecule has 0 aromatic heterocycles. The number of thioether (sulfide) groups is 1. The number of carboxylic acid groups (broad SMARTS) is 1. The van der Waals surface area contributed by atoms with E-state index in [1.54, 1.807) is 0 Å². The van der Waals surface area contributed by atoms with Crippen molar-refractivity contribution in [2.24, 2.45) is 16.1 Å². The first-order valence-corrected chi connectivity index (χ1v) is 19.9. The summed E-state index contributed by atoms with van der Waals surface area (Å²) >= 11 is 1.84. The van der Waals surface area contributed by atoms with Crippen molar-refractivity contribution in [3.63, 3.8) is 0 Å². The number of hydrogen-bond donors (Lipinski definition) is 4. The molecule has 4 N–H and O–H groups in total. The van der Waals surface area contributed by atoms with Gasteiger partial charge in [-0.2, -0.15) is 38.1 Å². The third-order valence-electron chi connectivity index (χ3n) is 10.9. The van der Waals surface area contributed by atoms with Crippen LogP contribution in [0, 0.1) is 17.8 Å². The Kier molecular flexibility index (Phi) is 12.9. The maximum atomic E-state index is 13.7. The van der Waals surface area contributed by atoms with E-state index in [1.807, 2.05) is 16.7 Å². The van der Waals surface area contributed by atoms with Gasteiger partial charge >= 0.3 is 30.0 Å². The molecule has 4 aliphatic heterocycles. The van der Waals surface area contributed by atoms with Crippen LogP contribution in [0.4, 0.5) is 31.1 Å². The maximum absolute atomic E-state index is 13.7. The minimum atomic E-state index is -4.71. The summed E-state index contributed by atoms with van der Waals surface area (Å²) in [6.07, 6.45) is -3.82. The molecule has 0 aliphatic carbocycles. The molecule has 302 valence electrons. The molecule has 17 heteroatoms. The Morgan fingerprint density at radius 3 is 2.39 bits per heavy atom. The number of piperidine rings is 1. The minimum absolute atomic E-state index is 0.0351. The zero-order valence-corrected chi connectivity index (χ0v) is 31.3. The van der Waals surface area contributed by atoms with Gasteiger partial charge < -0.3 is 21.1 Å². The second-order valence-electron chi connectivity index (χ2n) is 14.8. The number of benzene rings is 2. The van der Waals surface area contributed by atoms with Crippen molar-refractivity contribution in [3.8, 4) is 11.8 Å². The van der Waals surface area contributed by atoms with E-state index in [9.17, 15) is 45.8 Å². The number of likely N-dealkylation sites (tertiary alicyclic amines) is 1. The van der Waals surface area contributed by atoms with Crippen LogP contribution in [-0.4, -0.2) is 70.3 Å². The molecule has 2 aromatic carbocycles. The molecule has 3 amide bonds. The minimum Gasteiger partial charge on any atom is -0.481 e. The van der Waals surface area contributed by atoms with E-state index in [2.05, 4.69) is 38.0 Å². The molecule has 56 heavy (non-hydrogen) atoms. The van der Waals surface area contributed by atoms with Crippen molar-refractivity contribution in [2.75, 3.05) is 18.8 Å². The molecule has 3 unspecified atom stereocenters. The number of amides is 3. The Balaban J connectivity index is 1.08. The predicted octanol–water partition coefficient (Wildman–Crippen LogP) is 7.87. The Labute approximate surface area is 325 Å². The van der Waals surface area contributed by atoms with Crippen LogP contribution in [-0.2, 0) is 21.4 Å². The van der Waals surface area contributed by atoms with Crippen molar-refractivity contribution in [1.82, 2.24) is 20.9 Å². The van der Waals surface area contributed by atoms with E-state index in [4.69, 9.17) is 0 Å². The Bertz CT molecular complexity index is 1810. The smallest absolute Gasteiger partial charge is 0.442 e. The van der Waals surface area contributed by atoms with Gasteiger partial charge in [-0.3, -0.25) is 14.5 Å². The molecule has 3 saturated heterocycles. The van der Waals surface area contributed by atoms with Gasteiger partial charge in [-0.05, 0) is 67.7 Å². The summed E-state index contributed by atoms with van der Waals surface area (Å²) in [4.78, 5) is 37.6. The van der Waals surface area contributed by atoms with E-state index in [1.165, 1.54) is 36.4 Å². The summed E-state index contributed by atoms with van der Waals surface area (Å²) in [5.41, 5.74) is -2.46. The number of nitrogens with zero attached hydrogens (tertiary/aromatic N) is 3. The highest BCUT2D eigenvalue weighted by Gasteiger charge is 2.65. The number of hydrogen-bond acceptors (Lipinski definition) is 7. The van der Waals surface area contributed by atoms with Crippen LogP contribution < -0.4 is 16.0 Å². The Morgan fingerprint density at radius 1 is 1.00 bits per heavy atom. The number of rotatable bonds is 15. The lowest BCUT2D eigenvalue weighted by Gasteiger charge is -2.42. The highest BCUT2D eigenvalue weighted by Crippen LogP contribution is 2.52. The lowest BCUT2D eigenvalue weighted by atomic mass is 9.83. The van der Waals surface area contributed by atoms with Gasteiger partial charge in [0.2, 0.25) is 5.91 Å². The predicted molar refractivity (Wildman–Crippen MR) is 196 cm³/mol. The molecular formula is C39H44F6N6O4S. The van der Waals surface area contributed by atoms with Gasteiger partial charge in [0.25, 0.3) is 0 Å². The number of halogens is 6. The van der Waals surface area contributed by atoms with Gasteiger partial charge in [0.15, 0.2) is 0 Å². The monoisotopic (exact) mass is 806 g/mol. The molecule has 6 atom stereocenters. The molecule has 0 saturated carbocycles. The molecular weight excluding hydrogens is 763 g/mol. The number of urea groups is 1. The van der Waals surface area contributed by atoms with Gasteiger partial charge in [0, 0.05) is 55.0 Å². The van der Waals surface area contributed by atoms with Crippen molar-refractivity contribution in [2.45, 2.75) is 112 Å². The molecule has 0 spiro atoms. The van der Waals surface area contributed by atoms with Gasteiger partial charge in [0.1, 0.15) is 0 Å². The van der Waals surface area contributed by atoms with Crippen LogP contribution in [0.15, 0.2) is 58.8 Å². The quantitative estimate of drug-likeness (QED) is 0.0627. The second kappa shape index (κ2) is 17.5. The van der Waals surface area contributed by atoms with E-state index in [-0.39, 0.29) is 41.9 Å². The number of aliphatic carboxylic acids is 1. The number of alkyl halides is 6.